The lowest BCUT2D eigenvalue weighted by molar-refractivity contribution is 0.264. The van der Waals surface area contributed by atoms with Crippen molar-refractivity contribution in [2.75, 3.05) is 18.8 Å². The lowest BCUT2D eigenvalue weighted by Crippen LogP contribution is -2.41. The van der Waals surface area contributed by atoms with E-state index in [1.54, 1.807) is 11.2 Å². The molecule has 0 aromatic carbocycles. The van der Waals surface area contributed by atoms with E-state index >= 15 is 0 Å². The van der Waals surface area contributed by atoms with E-state index in [0.29, 0.717) is 19.0 Å². The molecule has 1 N–H and O–H groups in total. The number of aromatic nitrogens is 2. The number of H-pyrrole nitrogens is 1. The largest absolute Gasteiger partial charge is 0.282 e. The maximum absolute atomic E-state index is 11.9. The Morgan fingerprint density at radius 1 is 1.56 bits per heavy atom. The number of nitrogens with zero attached hydrogens (tertiary/aromatic N) is 2. The van der Waals surface area contributed by atoms with E-state index in [1.807, 2.05) is 13.1 Å². The minimum absolute atomic E-state index is 0.197. The van der Waals surface area contributed by atoms with Crippen LogP contribution in [0.15, 0.2) is 6.20 Å². The highest BCUT2D eigenvalue weighted by Gasteiger charge is 2.28. The van der Waals surface area contributed by atoms with Gasteiger partial charge in [-0.2, -0.15) is 5.10 Å². The second kappa shape index (κ2) is 5.40. The number of piperidine rings is 1. The van der Waals surface area contributed by atoms with Crippen molar-refractivity contribution in [3.05, 3.63) is 17.5 Å². The third-order valence-electron chi connectivity index (χ3n) is 3.67. The summed E-state index contributed by atoms with van der Waals surface area (Å²) >= 11 is 0. The average molecular weight is 271 g/mol. The van der Waals surface area contributed by atoms with Crippen molar-refractivity contribution in [3.8, 4) is 0 Å². The van der Waals surface area contributed by atoms with Gasteiger partial charge in [0.25, 0.3) is 0 Å². The Hall–Kier alpha value is -0.880. The van der Waals surface area contributed by atoms with Crippen LogP contribution in [0, 0.1) is 12.8 Å². The number of aromatic amines is 1. The molecule has 1 aliphatic heterocycles. The number of sulfonamides is 1. The van der Waals surface area contributed by atoms with E-state index in [1.165, 1.54) is 0 Å². The fourth-order valence-electron chi connectivity index (χ4n) is 2.50. The van der Waals surface area contributed by atoms with Crippen molar-refractivity contribution >= 4 is 10.0 Å². The van der Waals surface area contributed by atoms with Gasteiger partial charge in [-0.15, -0.1) is 0 Å². The van der Waals surface area contributed by atoms with E-state index in [9.17, 15) is 8.42 Å². The first-order chi connectivity index (χ1) is 8.53. The zero-order valence-electron chi connectivity index (χ0n) is 11.0. The van der Waals surface area contributed by atoms with Gasteiger partial charge in [-0.3, -0.25) is 5.10 Å². The van der Waals surface area contributed by atoms with Crippen molar-refractivity contribution in [3.63, 3.8) is 0 Å². The van der Waals surface area contributed by atoms with Gasteiger partial charge in [-0.25, -0.2) is 12.7 Å². The van der Waals surface area contributed by atoms with Gasteiger partial charge in [-0.1, -0.05) is 0 Å². The van der Waals surface area contributed by atoms with Crippen molar-refractivity contribution < 1.29 is 8.42 Å². The summed E-state index contributed by atoms with van der Waals surface area (Å²) in [5, 5.41) is 7.02. The predicted molar refractivity (Wildman–Crippen MR) is 70.8 cm³/mol. The summed E-state index contributed by atoms with van der Waals surface area (Å²) in [6.45, 7) is 5.06. The summed E-state index contributed by atoms with van der Waals surface area (Å²) in [6.07, 6.45) is 4.76. The van der Waals surface area contributed by atoms with Crippen LogP contribution in [-0.2, 0) is 16.4 Å². The number of rotatable bonds is 4. The molecule has 0 bridgehead atoms. The van der Waals surface area contributed by atoms with Crippen LogP contribution in [0.25, 0.3) is 0 Å². The Kier molecular flexibility index (Phi) is 4.07. The van der Waals surface area contributed by atoms with Crippen LogP contribution in [0.4, 0.5) is 0 Å². The third-order valence-corrected chi connectivity index (χ3v) is 5.51. The number of aryl methyl sites for hydroxylation is 1. The zero-order chi connectivity index (χ0) is 13.2. The normalized spacial score (nSPS) is 22.2. The molecule has 1 aliphatic rings. The molecule has 0 saturated carbocycles. The van der Waals surface area contributed by atoms with E-state index in [4.69, 9.17) is 0 Å². The van der Waals surface area contributed by atoms with E-state index in [0.717, 1.165) is 30.5 Å². The Balaban J connectivity index is 2.01. The minimum atomic E-state index is -3.04. The topological polar surface area (TPSA) is 66.1 Å². The zero-order valence-corrected chi connectivity index (χ0v) is 11.8. The quantitative estimate of drug-likeness (QED) is 0.898. The van der Waals surface area contributed by atoms with Crippen molar-refractivity contribution in [1.82, 2.24) is 14.5 Å². The molecule has 102 valence electrons. The maximum Gasteiger partial charge on any atom is 0.213 e. The van der Waals surface area contributed by atoms with Crippen LogP contribution in [0.3, 0.4) is 0 Å². The van der Waals surface area contributed by atoms with Crippen LogP contribution < -0.4 is 0 Å². The molecule has 1 fully saturated rings. The fourth-order valence-corrected chi connectivity index (χ4v) is 3.71. The predicted octanol–water partition coefficient (Wildman–Crippen LogP) is 1.32. The minimum Gasteiger partial charge on any atom is -0.282 e. The third kappa shape index (κ3) is 2.92. The Bertz CT molecular complexity index is 495. The lowest BCUT2D eigenvalue weighted by atomic mass is 9.94. The number of hydrogen-bond donors (Lipinski definition) is 1. The van der Waals surface area contributed by atoms with Crippen LogP contribution in [-0.4, -0.2) is 41.8 Å². The molecule has 1 aromatic rings. The molecule has 18 heavy (non-hydrogen) atoms. The van der Waals surface area contributed by atoms with Gasteiger partial charge in [0.05, 0.1) is 11.9 Å². The molecular formula is C12H21N3O2S. The first-order valence-electron chi connectivity index (χ1n) is 6.49. The van der Waals surface area contributed by atoms with Gasteiger partial charge in [-0.05, 0) is 44.6 Å². The van der Waals surface area contributed by atoms with Crippen LogP contribution in [0.5, 0.6) is 0 Å². The Labute approximate surface area is 109 Å². The Morgan fingerprint density at radius 3 is 2.94 bits per heavy atom. The van der Waals surface area contributed by atoms with E-state index in [-0.39, 0.29) is 5.75 Å². The highest BCUT2D eigenvalue weighted by molar-refractivity contribution is 7.89. The van der Waals surface area contributed by atoms with Crippen LogP contribution >= 0.6 is 0 Å². The van der Waals surface area contributed by atoms with Crippen molar-refractivity contribution in [2.45, 2.75) is 33.1 Å². The monoisotopic (exact) mass is 271 g/mol. The summed E-state index contributed by atoms with van der Waals surface area (Å²) < 4.78 is 25.4. The summed E-state index contributed by atoms with van der Waals surface area (Å²) in [4.78, 5) is 0. The summed E-state index contributed by atoms with van der Waals surface area (Å²) in [5.41, 5.74) is 2.29. The highest BCUT2D eigenvalue weighted by atomic mass is 32.2. The molecule has 1 saturated heterocycles. The SMILES string of the molecule is CCS(=O)(=O)N1CCCC(Cc2[nH]ncc2C)C1. The molecule has 1 atom stereocenters. The van der Waals surface area contributed by atoms with Crippen molar-refractivity contribution in [2.24, 2.45) is 5.92 Å². The van der Waals surface area contributed by atoms with Gasteiger partial charge < -0.3 is 0 Å². The first-order valence-corrected chi connectivity index (χ1v) is 8.10. The highest BCUT2D eigenvalue weighted by Crippen LogP contribution is 2.23. The molecule has 0 amide bonds. The van der Waals surface area contributed by atoms with Crippen LogP contribution in [0.1, 0.15) is 31.0 Å². The first kappa shape index (κ1) is 13.5. The smallest absolute Gasteiger partial charge is 0.213 e. The van der Waals surface area contributed by atoms with Gasteiger partial charge in [0, 0.05) is 18.8 Å². The van der Waals surface area contributed by atoms with E-state index < -0.39 is 10.0 Å². The average Bonchev–Trinajstić information content (AvgIpc) is 2.75. The molecule has 2 rings (SSSR count). The second-order valence-electron chi connectivity index (χ2n) is 5.00. The van der Waals surface area contributed by atoms with E-state index in [2.05, 4.69) is 10.2 Å². The second-order valence-corrected chi connectivity index (χ2v) is 7.26. The van der Waals surface area contributed by atoms with Gasteiger partial charge in [0.2, 0.25) is 10.0 Å². The molecule has 1 unspecified atom stereocenters. The number of nitrogens with one attached hydrogen (secondary N) is 1. The summed E-state index contributed by atoms with van der Waals surface area (Å²) in [7, 11) is -3.04. The summed E-state index contributed by atoms with van der Waals surface area (Å²) in [6, 6.07) is 0. The molecule has 1 aromatic heterocycles. The molecule has 0 aliphatic carbocycles. The van der Waals surface area contributed by atoms with Gasteiger partial charge >= 0.3 is 0 Å². The molecule has 2 heterocycles. The molecule has 0 spiro atoms. The van der Waals surface area contributed by atoms with Gasteiger partial charge in [0.15, 0.2) is 0 Å². The van der Waals surface area contributed by atoms with Crippen molar-refractivity contribution in [1.29, 1.82) is 0 Å². The molecular weight excluding hydrogens is 250 g/mol. The maximum atomic E-state index is 11.9. The Morgan fingerprint density at radius 2 is 2.33 bits per heavy atom. The lowest BCUT2D eigenvalue weighted by Gasteiger charge is -2.31. The molecule has 0 radical (unpaired) electrons. The van der Waals surface area contributed by atoms with Crippen LogP contribution in [0.2, 0.25) is 0 Å². The van der Waals surface area contributed by atoms with Gasteiger partial charge in [0.1, 0.15) is 0 Å². The number of hydrogen-bond acceptors (Lipinski definition) is 3. The fraction of sp³-hybridized carbons (Fsp3) is 0.750. The molecule has 6 heteroatoms. The standard InChI is InChI=1S/C12H21N3O2S/c1-3-18(16,17)15-6-4-5-11(9-15)7-12-10(2)8-13-14-12/h8,11H,3-7,9H2,1-2H3,(H,13,14). The summed E-state index contributed by atoms with van der Waals surface area (Å²) in [5.74, 6) is 0.599. The molecule has 5 nitrogen and oxygen atoms in total.